The van der Waals surface area contributed by atoms with Crippen molar-refractivity contribution in [2.75, 3.05) is 31.2 Å². The van der Waals surface area contributed by atoms with Gasteiger partial charge in [-0.15, -0.1) is 13.2 Å². The van der Waals surface area contributed by atoms with Gasteiger partial charge in [-0.2, -0.15) is 0 Å². The molecule has 3 saturated heterocycles. The molecule has 1 spiro atoms. The average molecular weight is 559 g/mol. The number of carbonyl (C=O) groups is 3. The highest BCUT2D eigenvalue weighted by Gasteiger charge is 2.78. The highest BCUT2D eigenvalue weighted by molar-refractivity contribution is 6.34. The van der Waals surface area contributed by atoms with E-state index in [0.717, 1.165) is 5.56 Å². The van der Waals surface area contributed by atoms with Gasteiger partial charge in [0.1, 0.15) is 17.6 Å². The number of rotatable bonds is 13. The van der Waals surface area contributed by atoms with E-state index < -0.39 is 35.0 Å². The predicted octanol–water partition coefficient (Wildman–Crippen LogP) is 4.21. The zero-order valence-electron chi connectivity index (χ0n) is 22.9. The van der Waals surface area contributed by atoms with Crippen LogP contribution in [-0.4, -0.2) is 71.3 Å². The number of allylic oxidation sites excluding steroid dienone is 1. The van der Waals surface area contributed by atoms with Crippen molar-refractivity contribution < 1.29 is 29.0 Å². The maximum atomic E-state index is 14.5. The summed E-state index contributed by atoms with van der Waals surface area (Å²) in [4.78, 5) is 45.2. The molecule has 1 N–H and O–H groups in total. The van der Waals surface area contributed by atoms with E-state index in [1.54, 1.807) is 28.0 Å². The molecule has 0 saturated carbocycles. The Bertz CT molecular complexity index is 1120. The normalized spacial score (nSPS) is 28.9. The number of nitrogens with zero attached hydrogens (tertiary/aromatic N) is 2. The molecule has 39 heavy (non-hydrogen) atoms. The molecule has 212 valence electrons. The van der Waals surface area contributed by atoms with E-state index in [1.807, 2.05) is 26.0 Å². The van der Waals surface area contributed by atoms with Gasteiger partial charge in [0, 0.05) is 19.7 Å². The van der Waals surface area contributed by atoms with Crippen molar-refractivity contribution in [3.8, 4) is 0 Å². The molecule has 2 unspecified atom stereocenters. The number of likely N-dealkylation sites (tertiary alicyclic amines) is 1. The van der Waals surface area contributed by atoms with Crippen molar-refractivity contribution in [1.82, 2.24) is 4.90 Å². The summed E-state index contributed by atoms with van der Waals surface area (Å²) in [6.45, 7) is 11.9. The Balaban J connectivity index is 1.75. The molecule has 3 aliphatic heterocycles. The summed E-state index contributed by atoms with van der Waals surface area (Å²) in [7, 11) is 0. The fourth-order valence-corrected chi connectivity index (χ4v) is 7.04. The van der Waals surface area contributed by atoms with Crippen LogP contribution in [0.1, 0.15) is 51.0 Å². The number of aliphatic hydroxyl groups is 1. The fraction of sp³-hybridized carbons (Fsp3) is 0.567. The van der Waals surface area contributed by atoms with E-state index >= 15 is 0 Å². The number of amides is 2. The highest BCUT2D eigenvalue weighted by Crippen LogP contribution is 2.63. The van der Waals surface area contributed by atoms with Gasteiger partial charge in [-0.25, -0.2) is 0 Å². The van der Waals surface area contributed by atoms with Crippen molar-refractivity contribution >= 4 is 35.1 Å². The molecule has 8 nitrogen and oxygen atoms in total. The Morgan fingerprint density at radius 1 is 1.26 bits per heavy atom. The lowest BCUT2D eigenvalue weighted by Crippen LogP contribution is -2.56. The predicted molar refractivity (Wildman–Crippen MR) is 149 cm³/mol. The van der Waals surface area contributed by atoms with E-state index in [-0.39, 0.29) is 38.1 Å². The molecule has 3 fully saturated rings. The number of hydrogen-bond donors (Lipinski definition) is 1. The second kappa shape index (κ2) is 11.8. The summed E-state index contributed by atoms with van der Waals surface area (Å²) in [5, 5.41) is 9.80. The molecule has 4 rings (SSSR count). The molecule has 5 atom stereocenters. The van der Waals surface area contributed by atoms with Crippen molar-refractivity contribution in [1.29, 1.82) is 0 Å². The average Bonchev–Trinajstić information content (AvgIpc) is 3.46. The van der Waals surface area contributed by atoms with Crippen molar-refractivity contribution in [3.63, 3.8) is 0 Å². The van der Waals surface area contributed by atoms with Crippen LogP contribution >= 0.6 is 11.6 Å². The number of hydrogen-bond acceptors (Lipinski definition) is 6. The van der Waals surface area contributed by atoms with Crippen LogP contribution in [-0.2, 0) is 23.9 Å². The molecule has 3 aliphatic rings. The van der Waals surface area contributed by atoms with Crippen LogP contribution in [0.2, 0.25) is 5.02 Å². The quantitative estimate of drug-likeness (QED) is 0.221. The third-order valence-corrected chi connectivity index (χ3v) is 8.71. The molecular formula is C30H39ClN2O6. The van der Waals surface area contributed by atoms with Crippen LogP contribution in [0.5, 0.6) is 0 Å². The van der Waals surface area contributed by atoms with E-state index in [9.17, 15) is 19.5 Å². The second-order valence-electron chi connectivity index (χ2n) is 10.9. The van der Waals surface area contributed by atoms with Crippen LogP contribution in [0.15, 0.2) is 43.5 Å². The lowest BCUT2D eigenvalue weighted by Gasteiger charge is -2.37. The van der Waals surface area contributed by atoms with Gasteiger partial charge < -0.3 is 24.4 Å². The second-order valence-corrected chi connectivity index (χ2v) is 11.3. The van der Waals surface area contributed by atoms with Crippen molar-refractivity contribution in [2.45, 2.75) is 69.6 Å². The Morgan fingerprint density at radius 2 is 2.03 bits per heavy atom. The molecule has 0 aromatic heterocycles. The first-order valence-corrected chi connectivity index (χ1v) is 14.1. The number of anilines is 1. The number of ether oxygens (including phenoxy) is 2. The van der Waals surface area contributed by atoms with Crippen LogP contribution in [0.4, 0.5) is 5.69 Å². The monoisotopic (exact) mass is 558 g/mol. The van der Waals surface area contributed by atoms with Crippen LogP contribution in [0.3, 0.4) is 0 Å². The van der Waals surface area contributed by atoms with Gasteiger partial charge in [-0.05, 0) is 64.0 Å². The largest absolute Gasteiger partial charge is 0.465 e. The van der Waals surface area contributed by atoms with E-state index in [1.165, 1.54) is 0 Å². The molecule has 1 aromatic carbocycles. The van der Waals surface area contributed by atoms with Crippen LogP contribution < -0.4 is 4.90 Å². The number of benzene rings is 1. The standard InChI is InChI=1S/C30H39ClN2O6/c1-5-7-10-19-38-28(37)23-22-26(35)33(17-8-9-18-34)25(30(22)15-14-29(23,4)39-30)27(36)32(16-6-2)24-20(3)12-11-13-21(24)31/h5-6,11-13,22-23,25,34H,1-2,7-10,14-19H2,3-4H3/t22-,23+,25?,29-,30?/m0/s1. The summed E-state index contributed by atoms with van der Waals surface area (Å²) in [6, 6.07) is 4.47. The van der Waals surface area contributed by atoms with Gasteiger partial charge >= 0.3 is 5.97 Å². The third-order valence-electron chi connectivity index (χ3n) is 8.40. The first-order valence-electron chi connectivity index (χ1n) is 13.7. The minimum absolute atomic E-state index is 0.0230. The topological polar surface area (TPSA) is 96.4 Å². The maximum Gasteiger partial charge on any atom is 0.312 e. The first-order chi connectivity index (χ1) is 18.7. The SMILES string of the molecule is C=CCCCOC(=O)[C@H]1[C@H]2C(=O)N(CCCCO)C(C(=O)N(CC=C)c3c(C)cccc3Cl)C23CC[C@]1(C)O3. The van der Waals surface area contributed by atoms with Gasteiger partial charge in [0.05, 0.1) is 28.8 Å². The van der Waals surface area contributed by atoms with Gasteiger partial charge in [0.15, 0.2) is 0 Å². The fourth-order valence-electron chi connectivity index (χ4n) is 6.72. The van der Waals surface area contributed by atoms with Crippen LogP contribution in [0, 0.1) is 18.8 Å². The lowest BCUT2D eigenvalue weighted by atomic mass is 9.66. The summed E-state index contributed by atoms with van der Waals surface area (Å²) in [6.07, 6.45) is 6.74. The number of carbonyl (C=O) groups excluding carboxylic acids is 3. The minimum atomic E-state index is -1.17. The molecule has 9 heteroatoms. The summed E-state index contributed by atoms with van der Waals surface area (Å²) in [5.41, 5.74) is -0.701. The number of unbranched alkanes of at least 4 members (excludes halogenated alkanes) is 2. The van der Waals surface area contributed by atoms with E-state index in [4.69, 9.17) is 21.1 Å². The molecule has 1 aromatic rings. The maximum absolute atomic E-state index is 14.5. The van der Waals surface area contributed by atoms with Gasteiger partial charge in [0.25, 0.3) is 5.91 Å². The summed E-state index contributed by atoms with van der Waals surface area (Å²) in [5.74, 6) is -2.71. The highest BCUT2D eigenvalue weighted by atomic mass is 35.5. The molecule has 0 radical (unpaired) electrons. The Labute approximate surface area is 235 Å². The smallest absolute Gasteiger partial charge is 0.312 e. The van der Waals surface area contributed by atoms with Gasteiger partial charge in [-0.3, -0.25) is 14.4 Å². The minimum Gasteiger partial charge on any atom is -0.465 e. The van der Waals surface area contributed by atoms with Crippen molar-refractivity contribution in [2.24, 2.45) is 11.8 Å². The number of fused-ring (bicyclic) bond motifs is 1. The summed E-state index contributed by atoms with van der Waals surface area (Å²) >= 11 is 6.59. The van der Waals surface area contributed by atoms with Gasteiger partial charge in [-0.1, -0.05) is 35.9 Å². The number of aryl methyl sites for hydroxylation is 1. The Kier molecular flexibility index (Phi) is 8.88. The number of aliphatic hydroxyl groups excluding tert-OH is 1. The Morgan fingerprint density at radius 3 is 2.69 bits per heavy atom. The number of esters is 1. The lowest BCUT2D eigenvalue weighted by molar-refractivity contribution is -0.159. The zero-order chi connectivity index (χ0) is 28.4. The van der Waals surface area contributed by atoms with E-state index in [2.05, 4.69) is 13.2 Å². The third kappa shape index (κ3) is 5.03. The Hall–Kier alpha value is -2.68. The van der Waals surface area contributed by atoms with Crippen molar-refractivity contribution in [3.05, 3.63) is 54.1 Å². The van der Waals surface area contributed by atoms with Crippen LogP contribution in [0.25, 0.3) is 0 Å². The molecule has 2 bridgehead atoms. The first kappa shape index (κ1) is 29.3. The molecule has 3 heterocycles. The molecule has 2 amide bonds. The molecular weight excluding hydrogens is 520 g/mol. The van der Waals surface area contributed by atoms with Gasteiger partial charge in [0.2, 0.25) is 5.91 Å². The van der Waals surface area contributed by atoms with E-state index in [0.29, 0.717) is 49.2 Å². The number of para-hydroxylation sites is 1. The summed E-state index contributed by atoms with van der Waals surface area (Å²) < 4.78 is 12.3. The zero-order valence-corrected chi connectivity index (χ0v) is 23.6. The molecule has 0 aliphatic carbocycles. The number of halogens is 1.